The normalized spacial score (nSPS) is 21.4. The maximum Gasteiger partial charge on any atom is 0.410 e. The smallest absolute Gasteiger partial charge is 0.410 e. The zero-order chi connectivity index (χ0) is 32.2. The second-order valence-corrected chi connectivity index (χ2v) is 14.7. The van der Waals surface area contributed by atoms with Gasteiger partial charge in [-0.25, -0.2) is 9.59 Å². The van der Waals surface area contributed by atoms with Crippen LogP contribution in [0.15, 0.2) is 46.9 Å². The third-order valence-corrected chi connectivity index (χ3v) is 11.1. The number of benzene rings is 2. The Bertz CT molecular complexity index is 1380. The van der Waals surface area contributed by atoms with Crippen LogP contribution in [0, 0.1) is 18.8 Å². The van der Waals surface area contributed by atoms with Gasteiger partial charge in [0.2, 0.25) is 0 Å². The number of likely N-dealkylation sites (tertiary alicyclic amines) is 3. The first-order chi connectivity index (χ1) is 22.2. The van der Waals surface area contributed by atoms with Crippen molar-refractivity contribution in [3.05, 3.63) is 63.6 Å². The van der Waals surface area contributed by atoms with Gasteiger partial charge < -0.3 is 29.7 Å². The fourth-order valence-electron chi connectivity index (χ4n) is 7.91. The molecule has 248 valence electrons. The Morgan fingerprint density at radius 2 is 1.54 bits per heavy atom. The van der Waals surface area contributed by atoms with Crippen LogP contribution in [-0.4, -0.2) is 103 Å². The highest BCUT2D eigenvalue weighted by Crippen LogP contribution is 2.33. The van der Waals surface area contributed by atoms with Crippen LogP contribution in [-0.2, 0) is 22.4 Å². The third-order valence-electron chi connectivity index (χ3n) is 10.6. The molecular formula is C36H48BrN5O4. The van der Waals surface area contributed by atoms with Crippen molar-refractivity contribution in [2.45, 2.75) is 70.4 Å². The van der Waals surface area contributed by atoms with Gasteiger partial charge >= 0.3 is 12.1 Å². The molecule has 2 aromatic rings. The highest BCUT2D eigenvalue weighted by Gasteiger charge is 2.37. The highest BCUT2D eigenvalue weighted by molar-refractivity contribution is 9.10. The van der Waals surface area contributed by atoms with Gasteiger partial charge in [-0.3, -0.25) is 4.79 Å². The van der Waals surface area contributed by atoms with E-state index < -0.39 is 12.2 Å². The minimum atomic E-state index is -0.881. The number of rotatable bonds is 6. The second-order valence-electron chi connectivity index (χ2n) is 13.8. The molecule has 0 radical (unpaired) electrons. The number of carbonyl (C=O) groups excluding carboxylic acids is 3. The Hall–Kier alpha value is -3.11. The lowest BCUT2D eigenvalue weighted by molar-refractivity contribution is -0.142. The summed E-state index contributed by atoms with van der Waals surface area (Å²) < 4.78 is 7.04. The first kappa shape index (κ1) is 32.8. The van der Waals surface area contributed by atoms with Gasteiger partial charge in [-0.05, 0) is 119 Å². The number of urea groups is 1. The van der Waals surface area contributed by atoms with Gasteiger partial charge in [0.05, 0.1) is 0 Å². The van der Waals surface area contributed by atoms with E-state index in [1.165, 1.54) is 12.8 Å². The Morgan fingerprint density at radius 3 is 2.24 bits per heavy atom. The van der Waals surface area contributed by atoms with Crippen molar-refractivity contribution in [3.63, 3.8) is 0 Å². The van der Waals surface area contributed by atoms with Crippen LogP contribution in [0.25, 0.3) is 0 Å². The molecule has 0 aliphatic carbocycles. The number of amides is 4. The SMILES string of the molecule is Cc1cc(Br)cc(C[C@@H](OC(=O)N2CCC(N3CCc4ccccc4NC3=O)CC2)C(=O)N2CCC(C3CCN(C)CC3)CC2)c1. The molecule has 4 amide bonds. The van der Waals surface area contributed by atoms with Crippen molar-refractivity contribution < 1.29 is 19.1 Å². The summed E-state index contributed by atoms with van der Waals surface area (Å²) in [5.74, 6) is 1.31. The zero-order valence-corrected chi connectivity index (χ0v) is 28.8. The first-order valence-corrected chi connectivity index (χ1v) is 17.9. The number of fused-ring (bicyclic) bond motifs is 1. The van der Waals surface area contributed by atoms with Crippen molar-refractivity contribution in [2.24, 2.45) is 11.8 Å². The van der Waals surface area contributed by atoms with Crippen LogP contribution in [0.5, 0.6) is 0 Å². The zero-order valence-electron chi connectivity index (χ0n) is 27.3. The molecule has 10 heteroatoms. The average Bonchev–Trinajstić information content (AvgIpc) is 3.22. The number of halogens is 1. The Kier molecular flexibility index (Phi) is 10.5. The summed E-state index contributed by atoms with van der Waals surface area (Å²) in [6.45, 7) is 7.39. The summed E-state index contributed by atoms with van der Waals surface area (Å²) in [6, 6.07) is 14.0. The number of nitrogens with zero attached hydrogens (tertiary/aromatic N) is 4. The van der Waals surface area contributed by atoms with Crippen LogP contribution in [0.3, 0.4) is 0 Å². The van der Waals surface area contributed by atoms with E-state index in [1.54, 1.807) is 4.90 Å². The summed E-state index contributed by atoms with van der Waals surface area (Å²) >= 11 is 3.59. The summed E-state index contributed by atoms with van der Waals surface area (Å²) in [7, 11) is 2.20. The number of carbonyl (C=O) groups is 3. The quantitative estimate of drug-likeness (QED) is 0.405. The number of aryl methyl sites for hydroxylation is 1. The minimum Gasteiger partial charge on any atom is -0.436 e. The summed E-state index contributed by atoms with van der Waals surface area (Å²) in [6.07, 6.45) is 5.66. The number of para-hydroxylation sites is 1. The first-order valence-electron chi connectivity index (χ1n) is 17.1. The maximum atomic E-state index is 14.0. The third kappa shape index (κ3) is 7.88. The van der Waals surface area contributed by atoms with Gasteiger partial charge in [0, 0.05) is 55.3 Å². The molecule has 46 heavy (non-hydrogen) atoms. The molecule has 3 saturated heterocycles. The molecule has 3 fully saturated rings. The number of hydrogen-bond acceptors (Lipinski definition) is 5. The number of ether oxygens (including phenoxy) is 1. The predicted octanol–water partition coefficient (Wildman–Crippen LogP) is 5.94. The molecule has 2 aromatic carbocycles. The van der Waals surface area contributed by atoms with Crippen molar-refractivity contribution in [2.75, 3.05) is 58.2 Å². The minimum absolute atomic E-state index is 0.0475. The van der Waals surface area contributed by atoms with Crippen LogP contribution in [0.2, 0.25) is 0 Å². The van der Waals surface area contributed by atoms with Gasteiger partial charge in [0.15, 0.2) is 6.10 Å². The Morgan fingerprint density at radius 1 is 0.891 bits per heavy atom. The Balaban J connectivity index is 1.07. The molecule has 0 aromatic heterocycles. The van der Waals surface area contributed by atoms with E-state index in [1.807, 2.05) is 47.1 Å². The molecule has 0 unspecified atom stereocenters. The lowest BCUT2D eigenvalue weighted by Gasteiger charge is -2.40. The average molecular weight is 695 g/mol. The molecule has 0 bridgehead atoms. The monoisotopic (exact) mass is 693 g/mol. The highest BCUT2D eigenvalue weighted by atomic mass is 79.9. The molecule has 0 spiro atoms. The second kappa shape index (κ2) is 14.8. The molecular weight excluding hydrogens is 646 g/mol. The van der Waals surface area contributed by atoms with E-state index in [9.17, 15) is 14.4 Å². The fraction of sp³-hybridized carbons (Fsp3) is 0.583. The van der Waals surface area contributed by atoms with Crippen LogP contribution < -0.4 is 5.32 Å². The van der Waals surface area contributed by atoms with Crippen LogP contribution >= 0.6 is 15.9 Å². The fourth-order valence-corrected chi connectivity index (χ4v) is 8.57. The summed E-state index contributed by atoms with van der Waals surface area (Å²) in [5, 5.41) is 3.06. The lowest BCUT2D eigenvalue weighted by atomic mass is 9.79. The van der Waals surface area contributed by atoms with Crippen molar-refractivity contribution in [1.82, 2.24) is 19.6 Å². The summed E-state index contributed by atoms with van der Waals surface area (Å²) in [5.41, 5.74) is 4.06. The molecule has 4 heterocycles. The van der Waals surface area contributed by atoms with E-state index in [0.29, 0.717) is 57.9 Å². The number of anilines is 1. The topological polar surface area (TPSA) is 85.4 Å². The van der Waals surface area contributed by atoms with E-state index in [2.05, 4.69) is 45.3 Å². The molecule has 1 N–H and O–H groups in total. The molecule has 4 aliphatic heterocycles. The Labute approximate surface area is 281 Å². The molecule has 1 atom stereocenters. The number of hydrogen-bond donors (Lipinski definition) is 1. The maximum absolute atomic E-state index is 14.0. The van der Waals surface area contributed by atoms with Gasteiger partial charge in [-0.2, -0.15) is 0 Å². The van der Waals surface area contributed by atoms with Crippen molar-refractivity contribution in [1.29, 1.82) is 0 Å². The van der Waals surface area contributed by atoms with Gasteiger partial charge in [0.1, 0.15) is 0 Å². The predicted molar refractivity (Wildman–Crippen MR) is 183 cm³/mol. The van der Waals surface area contributed by atoms with Crippen LogP contribution in [0.4, 0.5) is 15.3 Å². The molecule has 6 rings (SSSR count). The number of piperidine rings is 3. The number of nitrogens with one attached hydrogen (secondary N) is 1. The molecule has 9 nitrogen and oxygen atoms in total. The van der Waals surface area contributed by atoms with Gasteiger partial charge in [0.25, 0.3) is 5.91 Å². The van der Waals surface area contributed by atoms with Crippen molar-refractivity contribution in [3.8, 4) is 0 Å². The molecule has 4 aliphatic rings. The molecule has 0 saturated carbocycles. The van der Waals surface area contributed by atoms with E-state index in [0.717, 1.165) is 65.1 Å². The summed E-state index contributed by atoms with van der Waals surface area (Å²) in [4.78, 5) is 48.6. The van der Waals surface area contributed by atoms with E-state index in [-0.39, 0.29) is 18.0 Å². The van der Waals surface area contributed by atoms with E-state index in [4.69, 9.17) is 4.74 Å². The standard InChI is InChI=1S/C36H48BrN5O4/c1-25-21-26(23-30(37)22-25)24-33(34(43)40-16-9-28(10-17-40)27-7-14-39(2)15-8-27)46-36(45)41-18-12-31(13-19-41)42-20-11-29-5-3-4-6-32(29)38-35(42)44/h3-6,21-23,27-28,31,33H,7-20,24H2,1-2H3,(H,38,44)/t33-/m1/s1. The van der Waals surface area contributed by atoms with Gasteiger partial charge in [-0.15, -0.1) is 0 Å². The van der Waals surface area contributed by atoms with E-state index >= 15 is 0 Å². The van der Waals surface area contributed by atoms with Gasteiger partial charge in [-0.1, -0.05) is 40.2 Å². The largest absolute Gasteiger partial charge is 0.436 e. The van der Waals surface area contributed by atoms with Crippen LogP contribution in [0.1, 0.15) is 55.2 Å². The lowest BCUT2D eigenvalue weighted by Crippen LogP contribution is -2.52. The van der Waals surface area contributed by atoms with Crippen molar-refractivity contribution >= 4 is 39.6 Å².